The molecule has 1 aliphatic heterocycles. The molecule has 166 valence electrons. The maximum atomic E-state index is 14.6. The zero-order valence-corrected chi connectivity index (χ0v) is 18.5. The minimum Gasteiger partial charge on any atom is -0.494 e. The van der Waals surface area contributed by atoms with E-state index in [2.05, 4.69) is 39.8 Å². The molecule has 1 saturated heterocycles. The van der Waals surface area contributed by atoms with E-state index >= 15 is 0 Å². The Bertz CT molecular complexity index is 1350. The average Bonchev–Trinajstić information content (AvgIpc) is 3.23. The highest BCUT2D eigenvalue weighted by atomic mass is 19.1. The number of methoxy groups -OCH3 is 1. The molecule has 0 spiro atoms. The molecule has 0 bridgehead atoms. The van der Waals surface area contributed by atoms with E-state index in [0.29, 0.717) is 5.56 Å². The highest BCUT2D eigenvalue weighted by molar-refractivity contribution is 5.91. The van der Waals surface area contributed by atoms with Crippen LogP contribution in [0.5, 0.6) is 5.75 Å². The van der Waals surface area contributed by atoms with Gasteiger partial charge in [0.1, 0.15) is 0 Å². The second-order valence-electron chi connectivity index (χ2n) is 8.46. The predicted octanol–water partition coefficient (Wildman–Crippen LogP) is 5.24. The standard InChI is InChI=1S/C27H25FN4O/c1-33-27-11-6-19(14-24(27)28)26-15-20-13-23(31-12-2-3-21(30)17-31)9-10-25(20)32(26)22-7-4-18(16-29)5-8-22/h4-11,13-15,21H,2-3,12,17,30H2,1H3/t21-/m1/s1. The van der Waals surface area contributed by atoms with Gasteiger partial charge >= 0.3 is 0 Å². The van der Waals surface area contributed by atoms with Crippen molar-refractivity contribution < 1.29 is 9.13 Å². The number of nitrogens with zero attached hydrogens (tertiary/aromatic N) is 3. The second-order valence-corrected chi connectivity index (χ2v) is 8.46. The van der Waals surface area contributed by atoms with E-state index in [9.17, 15) is 9.65 Å². The Balaban J connectivity index is 1.67. The van der Waals surface area contributed by atoms with Gasteiger partial charge in [-0.05, 0) is 79.6 Å². The fourth-order valence-electron chi connectivity index (χ4n) is 4.65. The van der Waals surface area contributed by atoms with E-state index in [4.69, 9.17) is 10.5 Å². The molecule has 2 N–H and O–H groups in total. The summed E-state index contributed by atoms with van der Waals surface area (Å²) in [4.78, 5) is 2.33. The van der Waals surface area contributed by atoms with Crippen molar-refractivity contribution in [3.05, 3.63) is 78.1 Å². The lowest BCUT2D eigenvalue weighted by Crippen LogP contribution is -2.42. The zero-order valence-electron chi connectivity index (χ0n) is 18.5. The van der Waals surface area contributed by atoms with Crippen LogP contribution < -0.4 is 15.4 Å². The lowest BCUT2D eigenvalue weighted by molar-refractivity contribution is 0.386. The normalized spacial score (nSPS) is 16.1. The topological polar surface area (TPSA) is 67.2 Å². The predicted molar refractivity (Wildman–Crippen MR) is 129 cm³/mol. The van der Waals surface area contributed by atoms with Crippen molar-refractivity contribution in [1.29, 1.82) is 5.26 Å². The maximum Gasteiger partial charge on any atom is 0.165 e. The molecule has 0 unspecified atom stereocenters. The minimum absolute atomic E-state index is 0.190. The molecule has 0 radical (unpaired) electrons. The van der Waals surface area contributed by atoms with Crippen LogP contribution in [0.1, 0.15) is 18.4 Å². The molecule has 4 aromatic rings. The third kappa shape index (κ3) is 3.92. The van der Waals surface area contributed by atoms with E-state index in [1.165, 1.54) is 13.2 Å². The Morgan fingerprint density at radius 1 is 1.03 bits per heavy atom. The van der Waals surface area contributed by atoms with Crippen LogP contribution in [0.3, 0.4) is 0 Å². The summed E-state index contributed by atoms with van der Waals surface area (Å²) in [6, 6.07) is 23.3. The molecule has 5 rings (SSSR count). The van der Waals surface area contributed by atoms with Gasteiger partial charge in [-0.15, -0.1) is 0 Å². The van der Waals surface area contributed by atoms with E-state index in [1.54, 1.807) is 18.2 Å². The molecule has 0 saturated carbocycles. The molecule has 1 atom stereocenters. The van der Waals surface area contributed by atoms with Gasteiger partial charge in [0.25, 0.3) is 0 Å². The van der Waals surface area contributed by atoms with Gasteiger partial charge < -0.3 is 19.9 Å². The molecular formula is C27H25FN4O. The van der Waals surface area contributed by atoms with E-state index in [-0.39, 0.29) is 11.8 Å². The van der Waals surface area contributed by atoms with Crippen LogP contribution in [0.2, 0.25) is 0 Å². The fraction of sp³-hybridized carbons (Fsp3) is 0.222. The van der Waals surface area contributed by atoms with Crippen LogP contribution in [-0.4, -0.2) is 30.8 Å². The van der Waals surface area contributed by atoms with E-state index < -0.39 is 5.82 Å². The Morgan fingerprint density at radius 2 is 1.82 bits per heavy atom. The number of halogens is 1. The summed E-state index contributed by atoms with van der Waals surface area (Å²) in [6.45, 7) is 1.84. The van der Waals surface area contributed by atoms with Crippen molar-refractivity contribution in [3.8, 4) is 28.8 Å². The van der Waals surface area contributed by atoms with Crippen molar-refractivity contribution in [2.24, 2.45) is 5.73 Å². The Hall–Kier alpha value is -3.82. The summed E-state index contributed by atoms with van der Waals surface area (Å²) in [5.41, 5.74) is 11.5. The number of nitriles is 1. The summed E-state index contributed by atoms with van der Waals surface area (Å²) < 4.78 is 21.8. The fourth-order valence-corrected chi connectivity index (χ4v) is 4.65. The van der Waals surface area contributed by atoms with Gasteiger partial charge in [0.15, 0.2) is 11.6 Å². The van der Waals surface area contributed by atoms with Crippen molar-refractivity contribution in [2.45, 2.75) is 18.9 Å². The van der Waals surface area contributed by atoms with E-state index in [0.717, 1.165) is 59.5 Å². The molecule has 1 aromatic heterocycles. The van der Waals surface area contributed by atoms with Gasteiger partial charge in [-0.25, -0.2) is 4.39 Å². The summed E-state index contributed by atoms with van der Waals surface area (Å²) in [7, 11) is 1.46. The van der Waals surface area contributed by atoms with Crippen molar-refractivity contribution >= 4 is 16.6 Å². The number of piperidine rings is 1. The largest absolute Gasteiger partial charge is 0.494 e. The van der Waals surface area contributed by atoms with Crippen LogP contribution >= 0.6 is 0 Å². The van der Waals surface area contributed by atoms with Crippen LogP contribution in [0.4, 0.5) is 10.1 Å². The van der Waals surface area contributed by atoms with Crippen LogP contribution in [0.25, 0.3) is 27.8 Å². The first-order valence-corrected chi connectivity index (χ1v) is 11.1. The van der Waals surface area contributed by atoms with Crippen LogP contribution in [0.15, 0.2) is 66.7 Å². The van der Waals surface area contributed by atoms with Crippen LogP contribution in [0, 0.1) is 17.1 Å². The lowest BCUT2D eigenvalue weighted by Gasteiger charge is -2.32. The number of ether oxygens (including phenoxy) is 1. The maximum absolute atomic E-state index is 14.6. The van der Waals surface area contributed by atoms with Crippen molar-refractivity contribution in [1.82, 2.24) is 4.57 Å². The number of fused-ring (bicyclic) bond motifs is 1. The Labute approximate surface area is 192 Å². The second kappa shape index (κ2) is 8.61. The number of benzene rings is 3. The first-order chi connectivity index (χ1) is 16.1. The van der Waals surface area contributed by atoms with Gasteiger partial charge in [-0.2, -0.15) is 5.26 Å². The first-order valence-electron chi connectivity index (χ1n) is 11.1. The zero-order chi connectivity index (χ0) is 22.9. The number of rotatable bonds is 4. The van der Waals surface area contributed by atoms with E-state index in [1.807, 2.05) is 18.2 Å². The molecule has 1 aliphatic rings. The minimum atomic E-state index is -0.408. The first kappa shape index (κ1) is 21.0. The molecule has 0 aliphatic carbocycles. The molecule has 1 fully saturated rings. The summed E-state index contributed by atoms with van der Waals surface area (Å²) in [5.74, 6) is -0.196. The lowest BCUT2D eigenvalue weighted by atomic mass is 10.1. The summed E-state index contributed by atoms with van der Waals surface area (Å²) in [6.07, 6.45) is 2.14. The molecule has 33 heavy (non-hydrogen) atoms. The van der Waals surface area contributed by atoms with Gasteiger partial charge in [0.2, 0.25) is 0 Å². The third-order valence-corrected chi connectivity index (χ3v) is 6.31. The monoisotopic (exact) mass is 440 g/mol. The summed E-state index contributed by atoms with van der Waals surface area (Å²) in [5, 5.41) is 10.3. The Morgan fingerprint density at radius 3 is 2.52 bits per heavy atom. The molecule has 3 aromatic carbocycles. The van der Waals surface area contributed by atoms with Crippen LogP contribution in [-0.2, 0) is 0 Å². The average molecular weight is 441 g/mol. The number of anilines is 1. The smallest absolute Gasteiger partial charge is 0.165 e. The third-order valence-electron chi connectivity index (χ3n) is 6.31. The molecular weight excluding hydrogens is 415 g/mol. The summed E-state index contributed by atoms with van der Waals surface area (Å²) >= 11 is 0. The molecule has 6 heteroatoms. The van der Waals surface area contributed by atoms with Gasteiger partial charge in [0.05, 0.1) is 30.0 Å². The molecule has 0 amide bonds. The molecule has 5 nitrogen and oxygen atoms in total. The Kier molecular flexibility index (Phi) is 5.49. The molecule has 2 heterocycles. The quantitative estimate of drug-likeness (QED) is 0.471. The van der Waals surface area contributed by atoms with Gasteiger partial charge in [-0.3, -0.25) is 0 Å². The number of hydrogen-bond donors (Lipinski definition) is 1. The number of nitrogens with two attached hydrogens (primary N) is 1. The highest BCUT2D eigenvalue weighted by Crippen LogP contribution is 2.35. The SMILES string of the molecule is COc1ccc(-c2cc3cc(N4CCC[C@@H](N)C4)ccc3n2-c2ccc(C#N)cc2)cc1F. The highest BCUT2D eigenvalue weighted by Gasteiger charge is 2.19. The van der Waals surface area contributed by atoms with Gasteiger partial charge in [-0.1, -0.05) is 0 Å². The van der Waals surface area contributed by atoms with Crippen molar-refractivity contribution in [3.63, 3.8) is 0 Å². The van der Waals surface area contributed by atoms with Gasteiger partial charge in [0, 0.05) is 41.5 Å². The number of hydrogen-bond acceptors (Lipinski definition) is 4. The number of aromatic nitrogens is 1. The van der Waals surface area contributed by atoms with Crippen molar-refractivity contribution in [2.75, 3.05) is 25.1 Å².